The van der Waals surface area contributed by atoms with E-state index in [2.05, 4.69) is 26.2 Å². The van der Waals surface area contributed by atoms with Crippen molar-refractivity contribution < 1.29 is 4.39 Å². The summed E-state index contributed by atoms with van der Waals surface area (Å²) >= 11 is 3.29. The van der Waals surface area contributed by atoms with Gasteiger partial charge >= 0.3 is 0 Å². The van der Waals surface area contributed by atoms with Gasteiger partial charge in [-0.25, -0.2) is 4.98 Å². The Morgan fingerprint density at radius 3 is 2.86 bits per heavy atom. The minimum absolute atomic E-state index is 0.393. The zero-order chi connectivity index (χ0) is 9.97. The fourth-order valence-corrected chi connectivity index (χ4v) is 1.86. The second kappa shape index (κ2) is 4.23. The first-order valence-corrected chi connectivity index (χ1v) is 5.33. The van der Waals surface area contributed by atoms with Crippen LogP contribution < -0.4 is 10.2 Å². The average Bonchev–Trinajstić information content (AvgIpc) is 2.23. The molecular weight excluding hydrogens is 249 g/mol. The van der Waals surface area contributed by atoms with E-state index in [1.54, 1.807) is 6.07 Å². The van der Waals surface area contributed by atoms with Crippen molar-refractivity contribution in [3.05, 3.63) is 22.7 Å². The second-order valence-corrected chi connectivity index (χ2v) is 4.12. The third kappa shape index (κ3) is 2.04. The molecule has 0 amide bonds. The molecule has 1 aliphatic rings. The highest BCUT2D eigenvalue weighted by atomic mass is 79.9. The molecule has 1 aliphatic heterocycles. The van der Waals surface area contributed by atoms with Gasteiger partial charge in [-0.15, -0.1) is 0 Å². The number of rotatable bonds is 1. The number of hydrogen-bond donors (Lipinski definition) is 1. The number of pyridine rings is 1. The van der Waals surface area contributed by atoms with Crippen LogP contribution in [0.5, 0.6) is 0 Å². The van der Waals surface area contributed by atoms with E-state index in [9.17, 15) is 4.39 Å². The highest BCUT2D eigenvalue weighted by Gasteiger charge is 2.15. The summed E-state index contributed by atoms with van der Waals surface area (Å²) in [5, 5.41) is 3.22. The zero-order valence-electron chi connectivity index (χ0n) is 7.63. The molecule has 3 nitrogen and oxygen atoms in total. The van der Waals surface area contributed by atoms with E-state index in [1.165, 1.54) is 6.20 Å². The Hall–Kier alpha value is -0.680. The Morgan fingerprint density at radius 1 is 1.43 bits per heavy atom. The van der Waals surface area contributed by atoms with Crippen LogP contribution >= 0.6 is 15.9 Å². The number of hydrogen-bond acceptors (Lipinski definition) is 3. The number of anilines is 1. The third-order valence-corrected chi connectivity index (χ3v) is 2.68. The summed E-state index contributed by atoms with van der Waals surface area (Å²) in [5.41, 5.74) is 0.584. The monoisotopic (exact) mass is 259 g/mol. The summed E-state index contributed by atoms with van der Waals surface area (Å²) in [5.74, 6) is -0.393. The fraction of sp³-hybridized carbons (Fsp3) is 0.444. The van der Waals surface area contributed by atoms with Crippen molar-refractivity contribution in [3.63, 3.8) is 0 Å². The molecule has 1 aromatic rings. The molecule has 76 valence electrons. The number of piperazine rings is 1. The molecule has 5 heteroatoms. The lowest BCUT2D eigenvalue weighted by atomic mass is 10.3. The van der Waals surface area contributed by atoms with Gasteiger partial charge in [-0.3, -0.25) is 0 Å². The first kappa shape index (κ1) is 9.86. The third-order valence-electron chi connectivity index (χ3n) is 2.24. The van der Waals surface area contributed by atoms with Crippen molar-refractivity contribution in [2.45, 2.75) is 0 Å². The van der Waals surface area contributed by atoms with Gasteiger partial charge in [-0.05, 0) is 22.0 Å². The van der Waals surface area contributed by atoms with Crippen LogP contribution in [0.25, 0.3) is 0 Å². The van der Waals surface area contributed by atoms with Crippen molar-refractivity contribution in [3.8, 4) is 0 Å². The van der Waals surface area contributed by atoms with Crippen molar-refractivity contribution in [1.82, 2.24) is 10.3 Å². The summed E-state index contributed by atoms with van der Waals surface area (Å²) in [4.78, 5) is 5.68. The maximum absolute atomic E-state index is 13.4. The van der Waals surface area contributed by atoms with Crippen LogP contribution in [-0.4, -0.2) is 31.2 Å². The largest absolute Gasteiger partial charge is 0.365 e. The van der Waals surface area contributed by atoms with Crippen molar-refractivity contribution in [1.29, 1.82) is 0 Å². The van der Waals surface area contributed by atoms with Crippen molar-refractivity contribution >= 4 is 21.6 Å². The minimum Gasteiger partial charge on any atom is -0.365 e. The second-order valence-electron chi connectivity index (χ2n) is 3.20. The van der Waals surface area contributed by atoms with E-state index < -0.39 is 5.95 Å². The van der Waals surface area contributed by atoms with Crippen molar-refractivity contribution in [2.24, 2.45) is 0 Å². The molecule has 1 fully saturated rings. The number of nitrogens with one attached hydrogen (secondary N) is 1. The normalized spacial score (nSPS) is 17.1. The molecule has 1 saturated heterocycles. The van der Waals surface area contributed by atoms with Crippen LogP contribution in [0.1, 0.15) is 0 Å². The molecule has 1 aromatic heterocycles. The number of aromatic nitrogens is 1. The molecule has 0 aromatic carbocycles. The Morgan fingerprint density at radius 2 is 2.14 bits per heavy atom. The van der Waals surface area contributed by atoms with E-state index in [0.717, 1.165) is 30.7 Å². The summed E-state index contributed by atoms with van der Waals surface area (Å²) in [6, 6.07) is 1.77. The van der Waals surface area contributed by atoms with E-state index >= 15 is 0 Å². The minimum atomic E-state index is -0.393. The number of nitrogens with zero attached hydrogens (tertiary/aromatic N) is 2. The predicted octanol–water partition coefficient (Wildman–Crippen LogP) is 1.39. The Kier molecular flexibility index (Phi) is 2.98. The lowest BCUT2D eigenvalue weighted by Crippen LogP contribution is -2.44. The molecule has 0 saturated carbocycles. The summed E-state index contributed by atoms with van der Waals surface area (Å²) in [7, 11) is 0. The maximum Gasteiger partial charge on any atom is 0.236 e. The SMILES string of the molecule is Fc1ncc(Br)cc1N1CCNCC1. The van der Waals surface area contributed by atoms with Gasteiger partial charge in [-0.2, -0.15) is 4.39 Å². The zero-order valence-corrected chi connectivity index (χ0v) is 9.22. The maximum atomic E-state index is 13.4. The lowest BCUT2D eigenvalue weighted by Gasteiger charge is -2.29. The van der Waals surface area contributed by atoms with Gasteiger partial charge in [0.1, 0.15) is 0 Å². The first-order valence-electron chi connectivity index (χ1n) is 4.54. The van der Waals surface area contributed by atoms with Crippen molar-refractivity contribution in [2.75, 3.05) is 31.1 Å². The Balaban J connectivity index is 2.24. The molecule has 0 atom stereocenters. The summed E-state index contributed by atoms with van der Waals surface area (Å²) in [6.45, 7) is 3.45. The van der Waals surface area contributed by atoms with Gasteiger partial charge < -0.3 is 10.2 Å². The molecule has 0 aliphatic carbocycles. The molecule has 1 N–H and O–H groups in total. The fourth-order valence-electron chi connectivity index (χ4n) is 1.54. The molecule has 2 rings (SSSR count). The molecular formula is C9H11BrFN3. The van der Waals surface area contributed by atoms with Gasteiger partial charge in [0, 0.05) is 36.8 Å². The van der Waals surface area contributed by atoms with E-state index in [4.69, 9.17) is 0 Å². The van der Waals surface area contributed by atoms with Crippen LogP contribution in [0, 0.1) is 5.95 Å². The Labute approximate surface area is 90.4 Å². The van der Waals surface area contributed by atoms with Crippen LogP contribution in [0.2, 0.25) is 0 Å². The smallest absolute Gasteiger partial charge is 0.236 e. The topological polar surface area (TPSA) is 28.2 Å². The van der Waals surface area contributed by atoms with E-state index in [-0.39, 0.29) is 0 Å². The van der Waals surface area contributed by atoms with Gasteiger partial charge in [0.25, 0.3) is 0 Å². The van der Waals surface area contributed by atoms with Gasteiger partial charge in [-0.1, -0.05) is 0 Å². The Bertz CT molecular complexity index is 326. The van der Waals surface area contributed by atoms with E-state index in [1.807, 2.05) is 4.90 Å². The molecule has 14 heavy (non-hydrogen) atoms. The van der Waals surface area contributed by atoms with Crippen LogP contribution in [0.3, 0.4) is 0 Å². The standard InChI is InChI=1S/C9H11BrFN3/c10-7-5-8(9(11)13-6-7)14-3-1-12-2-4-14/h5-6,12H,1-4H2. The van der Waals surface area contributed by atoms with Crippen LogP contribution in [-0.2, 0) is 0 Å². The highest BCUT2D eigenvalue weighted by Crippen LogP contribution is 2.21. The molecule has 0 radical (unpaired) electrons. The highest BCUT2D eigenvalue weighted by molar-refractivity contribution is 9.10. The molecule has 0 spiro atoms. The van der Waals surface area contributed by atoms with E-state index in [0.29, 0.717) is 5.69 Å². The lowest BCUT2D eigenvalue weighted by molar-refractivity contribution is 0.547. The average molecular weight is 260 g/mol. The number of halogens is 2. The van der Waals surface area contributed by atoms with Crippen LogP contribution in [0.4, 0.5) is 10.1 Å². The molecule has 0 unspecified atom stereocenters. The van der Waals surface area contributed by atoms with Crippen LogP contribution in [0.15, 0.2) is 16.7 Å². The molecule has 2 heterocycles. The van der Waals surface area contributed by atoms with Gasteiger partial charge in [0.2, 0.25) is 5.95 Å². The molecule has 0 bridgehead atoms. The quantitative estimate of drug-likeness (QED) is 0.773. The summed E-state index contributed by atoms with van der Waals surface area (Å²) in [6.07, 6.45) is 1.47. The first-order chi connectivity index (χ1) is 6.77. The van der Waals surface area contributed by atoms with Gasteiger partial charge in [0.05, 0.1) is 5.69 Å². The predicted molar refractivity (Wildman–Crippen MR) is 57.0 cm³/mol. The summed E-state index contributed by atoms with van der Waals surface area (Å²) < 4.78 is 14.2. The van der Waals surface area contributed by atoms with Gasteiger partial charge in [0.15, 0.2) is 0 Å².